The lowest BCUT2D eigenvalue weighted by Crippen LogP contribution is -2.15. The first kappa shape index (κ1) is 16.5. The second-order valence-electron chi connectivity index (χ2n) is 4.84. The fourth-order valence-electron chi connectivity index (χ4n) is 1.91. The van der Waals surface area contributed by atoms with E-state index in [4.69, 9.17) is 9.47 Å². The number of rotatable bonds is 6. The summed E-state index contributed by atoms with van der Waals surface area (Å²) >= 11 is 0. The average Bonchev–Trinajstić information content (AvgIpc) is 2.53. The van der Waals surface area contributed by atoms with Gasteiger partial charge >= 0.3 is 0 Å². The molecule has 0 atom stereocenters. The molecule has 0 radical (unpaired) electrons. The van der Waals surface area contributed by atoms with E-state index in [0.29, 0.717) is 35.3 Å². The highest BCUT2D eigenvalue weighted by Gasteiger charge is 2.05. The van der Waals surface area contributed by atoms with Crippen molar-refractivity contribution in [3.63, 3.8) is 0 Å². The first-order valence-electron chi connectivity index (χ1n) is 7.22. The van der Waals surface area contributed by atoms with Crippen LogP contribution in [0, 0.1) is 13.8 Å². The largest absolute Gasteiger partial charge is 0.493 e. The molecule has 0 unspecified atom stereocenters. The Hall–Kier alpha value is -2.83. The lowest BCUT2D eigenvalue weighted by atomic mass is 10.2. The van der Waals surface area contributed by atoms with E-state index in [-0.39, 0.29) is 5.56 Å². The molecule has 1 aromatic heterocycles. The van der Waals surface area contributed by atoms with Crippen molar-refractivity contribution in [1.29, 1.82) is 0 Å². The van der Waals surface area contributed by atoms with Crippen molar-refractivity contribution in [3.05, 3.63) is 45.4 Å². The number of aryl methyl sites for hydroxylation is 1. The Bertz CT molecular complexity index is 768. The third-order valence-corrected chi connectivity index (χ3v) is 3.27. The van der Waals surface area contributed by atoms with Gasteiger partial charge in [0, 0.05) is 11.3 Å². The first-order chi connectivity index (χ1) is 11.0. The predicted octanol–water partition coefficient (Wildman–Crippen LogP) is 2.24. The highest BCUT2D eigenvalue weighted by molar-refractivity contribution is 5.81. The fourth-order valence-corrected chi connectivity index (χ4v) is 1.91. The van der Waals surface area contributed by atoms with E-state index < -0.39 is 0 Å². The van der Waals surface area contributed by atoms with E-state index in [0.717, 1.165) is 5.56 Å². The number of H-pyrrole nitrogens is 1. The van der Waals surface area contributed by atoms with Crippen LogP contribution in [0.15, 0.2) is 28.1 Å². The molecule has 0 saturated carbocycles. The van der Waals surface area contributed by atoms with Crippen molar-refractivity contribution in [1.82, 2.24) is 9.97 Å². The Kier molecular flexibility index (Phi) is 5.35. The van der Waals surface area contributed by atoms with Crippen LogP contribution in [0.2, 0.25) is 0 Å². The highest BCUT2D eigenvalue weighted by Crippen LogP contribution is 2.27. The summed E-state index contributed by atoms with van der Waals surface area (Å²) in [6.07, 6.45) is 1.61. The van der Waals surface area contributed by atoms with Crippen LogP contribution in [-0.4, -0.2) is 29.9 Å². The number of aromatic nitrogens is 2. The number of nitrogens with one attached hydrogen (secondary N) is 2. The molecule has 2 rings (SSSR count). The number of hydrogen-bond donors (Lipinski definition) is 2. The maximum absolute atomic E-state index is 11.7. The van der Waals surface area contributed by atoms with Gasteiger partial charge in [-0.15, -0.1) is 0 Å². The minimum Gasteiger partial charge on any atom is -0.493 e. The van der Waals surface area contributed by atoms with Crippen LogP contribution in [0.1, 0.15) is 23.7 Å². The molecule has 0 fully saturated rings. The number of anilines is 1. The van der Waals surface area contributed by atoms with Crippen LogP contribution in [0.5, 0.6) is 11.5 Å². The molecular formula is C16H20N4O3. The Morgan fingerprint density at radius 3 is 2.78 bits per heavy atom. The van der Waals surface area contributed by atoms with Crippen molar-refractivity contribution >= 4 is 12.2 Å². The molecule has 0 aliphatic carbocycles. The van der Waals surface area contributed by atoms with Crippen molar-refractivity contribution in [2.45, 2.75) is 20.8 Å². The summed E-state index contributed by atoms with van der Waals surface area (Å²) in [6.45, 7) is 5.95. The van der Waals surface area contributed by atoms with Gasteiger partial charge in [-0.05, 0) is 44.5 Å². The summed E-state index contributed by atoms with van der Waals surface area (Å²) in [4.78, 5) is 18.5. The quantitative estimate of drug-likeness (QED) is 0.630. The lowest BCUT2D eigenvalue weighted by Gasteiger charge is -2.09. The Morgan fingerprint density at radius 1 is 1.35 bits per heavy atom. The third kappa shape index (κ3) is 4.09. The van der Waals surface area contributed by atoms with E-state index in [9.17, 15) is 4.79 Å². The molecule has 23 heavy (non-hydrogen) atoms. The zero-order valence-electron chi connectivity index (χ0n) is 13.6. The summed E-state index contributed by atoms with van der Waals surface area (Å²) in [6, 6.07) is 5.48. The Morgan fingerprint density at radius 2 is 2.13 bits per heavy atom. The van der Waals surface area contributed by atoms with E-state index in [2.05, 4.69) is 20.5 Å². The number of nitrogens with zero attached hydrogens (tertiary/aromatic N) is 2. The van der Waals surface area contributed by atoms with Gasteiger partial charge in [0.2, 0.25) is 5.95 Å². The zero-order chi connectivity index (χ0) is 16.8. The van der Waals surface area contributed by atoms with Crippen molar-refractivity contribution in [2.75, 3.05) is 19.1 Å². The molecule has 7 heteroatoms. The Labute approximate surface area is 134 Å². The lowest BCUT2D eigenvalue weighted by molar-refractivity contribution is 0.311. The predicted molar refractivity (Wildman–Crippen MR) is 89.7 cm³/mol. The van der Waals surface area contributed by atoms with Crippen molar-refractivity contribution in [3.8, 4) is 11.5 Å². The van der Waals surface area contributed by atoms with Gasteiger partial charge in [-0.3, -0.25) is 9.78 Å². The van der Waals surface area contributed by atoms with Crippen LogP contribution in [0.4, 0.5) is 5.95 Å². The molecule has 0 aliphatic rings. The topological polar surface area (TPSA) is 88.6 Å². The number of hydrazone groups is 1. The smallest absolute Gasteiger partial charge is 0.255 e. The van der Waals surface area contributed by atoms with Gasteiger partial charge in [-0.2, -0.15) is 5.10 Å². The maximum atomic E-state index is 11.7. The van der Waals surface area contributed by atoms with Gasteiger partial charge in [-0.1, -0.05) is 0 Å². The summed E-state index contributed by atoms with van der Waals surface area (Å²) in [5.74, 6) is 1.61. The van der Waals surface area contributed by atoms with E-state index in [1.807, 2.05) is 25.1 Å². The van der Waals surface area contributed by atoms with Gasteiger partial charge < -0.3 is 9.47 Å². The standard InChI is InChI=1S/C16H20N4O3/c1-5-23-14-8-12(6-7-13(14)22-4)9-17-20-16-18-11(3)10(2)15(21)19-16/h6-9H,5H2,1-4H3,(H2,18,19,20,21)/b17-9-. The molecule has 0 aliphatic heterocycles. The second-order valence-corrected chi connectivity index (χ2v) is 4.84. The average molecular weight is 316 g/mol. The van der Waals surface area contributed by atoms with Crippen LogP contribution in [0.3, 0.4) is 0 Å². The second kappa shape index (κ2) is 7.44. The van der Waals surface area contributed by atoms with E-state index in [1.54, 1.807) is 27.2 Å². The van der Waals surface area contributed by atoms with E-state index >= 15 is 0 Å². The molecule has 0 spiro atoms. The third-order valence-electron chi connectivity index (χ3n) is 3.27. The fraction of sp³-hybridized carbons (Fsp3) is 0.312. The molecule has 0 saturated heterocycles. The minimum absolute atomic E-state index is 0.182. The first-order valence-corrected chi connectivity index (χ1v) is 7.22. The molecule has 2 aromatic rings. The highest BCUT2D eigenvalue weighted by atomic mass is 16.5. The number of hydrogen-bond acceptors (Lipinski definition) is 6. The molecule has 0 bridgehead atoms. The van der Waals surface area contributed by atoms with Crippen LogP contribution in [0.25, 0.3) is 0 Å². The SMILES string of the molecule is CCOc1cc(/C=N\Nc2nc(C)c(C)c(=O)[nH]2)ccc1OC. The van der Waals surface area contributed by atoms with E-state index in [1.165, 1.54) is 0 Å². The van der Waals surface area contributed by atoms with Gasteiger partial charge in [0.15, 0.2) is 11.5 Å². The van der Waals surface area contributed by atoms with Gasteiger partial charge in [0.25, 0.3) is 5.56 Å². The number of benzene rings is 1. The van der Waals surface area contributed by atoms with Gasteiger partial charge in [0.05, 0.1) is 19.9 Å². The normalized spacial score (nSPS) is 10.8. The van der Waals surface area contributed by atoms with Crippen LogP contribution < -0.4 is 20.5 Å². The maximum Gasteiger partial charge on any atom is 0.255 e. The van der Waals surface area contributed by atoms with Crippen LogP contribution >= 0.6 is 0 Å². The summed E-state index contributed by atoms with van der Waals surface area (Å²) < 4.78 is 10.7. The summed E-state index contributed by atoms with van der Waals surface area (Å²) in [5.41, 5.74) is 4.61. The number of aromatic amines is 1. The molecule has 1 heterocycles. The molecule has 2 N–H and O–H groups in total. The molecule has 122 valence electrons. The zero-order valence-corrected chi connectivity index (χ0v) is 13.6. The van der Waals surface area contributed by atoms with Gasteiger partial charge in [-0.25, -0.2) is 10.4 Å². The van der Waals surface area contributed by atoms with Crippen molar-refractivity contribution < 1.29 is 9.47 Å². The molecule has 7 nitrogen and oxygen atoms in total. The summed E-state index contributed by atoms with van der Waals surface area (Å²) in [7, 11) is 1.59. The van der Waals surface area contributed by atoms with Crippen LogP contribution in [-0.2, 0) is 0 Å². The molecule has 1 aromatic carbocycles. The molecular weight excluding hydrogens is 296 g/mol. The minimum atomic E-state index is -0.182. The van der Waals surface area contributed by atoms with Crippen molar-refractivity contribution in [2.24, 2.45) is 5.10 Å². The number of methoxy groups -OCH3 is 1. The molecule has 0 amide bonds. The summed E-state index contributed by atoms with van der Waals surface area (Å²) in [5, 5.41) is 4.08. The monoisotopic (exact) mass is 316 g/mol. The van der Waals surface area contributed by atoms with Gasteiger partial charge in [0.1, 0.15) is 0 Å². The Balaban J connectivity index is 2.14. The number of ether oxygens (including phenoxy) is 2.